The maximum absolute atomic E-state index is 14.7. The van der Waals surface area contributed by atoms with Gasteiger partial charge in [-0.25, -0.2) is 24.0 Å². The van der Waals surface area contributed by atoms with Gasteiger partial charge in [0, 0.05) is 43.4 Å². The predicted molar refractivity (Wildman–Crippen MR) is 126 cm³/mol. The third-order valence-electron chi connectivity index (χ3n) is 5.92. The van der Waals surface area contributed by atoms with E-state index < -0.39 is 5.82 Å². The Balaban J connectivity index is 1.43. The first-order valence-electron chi connectivity index (χ1n) is 10.7. The molecule has 0 atom stereocenters. The Hall–Kier alpha value is -3.81. The molecule has 9 nitrogen and oxygen atoms in total. The Labute approximate surface area is 199 Å². The van der Waals surface area contributed by atoms with Crippen LogP contribution in [0.3, 0.4) is 0 Å². The number of piperidine rings is 1. The van der Waals surface area contributed by atoms with Crippen LogP contribution < -0.4 is 10.2 Å². The third kappa shape index (κ3) is 4.23. The molecule has 0 spiro atoms. The third-order valence-corrected chi connectivity index (χ3v) is 6.20. The van der Waals surface area contributed by atoms with Crippen LogP contribution in [0.5, 0.6) is 0 Å². The summed E-state index contributed by atoms with van der Waals surface area (Å²) in [7, 11) is 0. The number of aliphatic hydroxyl groups is 1. The minimum atomic E-state index is -0.647. The van der Waals surface area contributed by atoms with E-state index in [4.69, 9.17) is 16.9 Å². The average molecular weight is 479 g/mol. The molecule has 172 valence electrons. The lowest BCUT2D eigenvalue weighted by Gasteiger charge is -2.31. The Morgan fingerprint density at radius 3 is 2.65 bits per heavy atom. The average Bonchev–Trinajstić information content (AvgIpc) is 3.26. The number of nitriles is 1. The van der Waals surface area contributed by atoms with Crippen molar-refractivity contribution in [3.05, 3.63) is 59.4 Å². The van der Waals surface area contributed by atoms with Crippen molar-refractivity contribution in [1.29, 1.82) is 5.26 Å². The van der Waals surface area contributed by atoms with Crippen molar-refractivity contribution in [3.63, 3.8) is 0 Å². The van der Waals surface area contributed by atoms with E-state index in [-0.39, 0.29) is 22.9 Å². The number of rotatable bonds is 5. The van der Waals surface area contributed by atoms with E-state index in [1.54, 1.807) is 18.5 Å². The van der Waals surface area contributed by atoms with Crippen LogP contribution in [-0.2, 0) is 0 Å². The summed E-state index contributed by atoms with van der Waals surface area (Å²) in [5.74, 6) is 1.54. The van der Waals surface area contributed by atoms with Gasteiger partial charge in [-0.2, -0.15) is 10.4 Å². The number of nitrogens with one attached hydrogen (secondary N) is 1. The van der Waals surface area contributed by atoms with Crippen molar-refractivity contribution in [1.82, 2.24) is 24.7 Å². The molecule has 4 aromatic rings. The van der Waals surface area contributed by atoms with Crippen molar-refractivity contribution in [2.45, 2.75) is 12.8 Å². The van der Waals surface area contributed by atoms with Gasteiger partial charge in [-0.1, -0.05) is 11.6 Å². The van der Waals surface area contributed by atoms with E-state index in [2.05, 4.69) is 30.3 Å². The van der Waals surface area contributed by atoms with Gasteiger partial charge >= 0.3 is 0 Å². The fourth-order valence-corrected chi connectivity index (χ4v) is 4.35. The van der Waals surface area contributed by atoms with E-state index in [1.807, 2.05) is 12.1 Å². The zero-order valence-electron chi connectivity index (χ0n) is 18.0. The zero-order valence-corrected chi connectivity index (χ0v) is 18.7. The van der Waals surface area contributed by atoms with Crippen LogP contribution in [0.25, 0.3) is 16.6 Å². The fraction of sp³-hybridized carbons (Fsp3) is 0.261. The van der Waals surface area contributed by atoms with Crippen LogP contribution in [-0.4, -0.2) is 49.5 Å². The van der Waals surface area contributed by atoms with E-state index in [1.165, 1.54) is 17.1 Å². The highest BCUT2D eigenvalue weighted by atomic mass is 35.5. The number of nitrogens with zero attached hydrogens (tertiary/aromatic N) is 7. The molecule has 1 fully saturated rings. The second-order valence-corrected chi connectivity index (χ2v) is 8.49. The van der Waals surface area contributed by atoms with Crippen molar-refractivity contribution in [2.24, 2.45) is 5.92 Å². The van der Waals surface area contributed by atoms with Crippen LogP contribution in [0.2, 0.25) is 5.02 Å². The van der Waals surface area contributed by atoms with Gasteiger partial charge in [0.15, 0.2) is 5.82 Å². The number of pyridine rings is 1. The lowest BCUT2D eigenvalue weighted by molar-refractivity contribution is 0.203. The molecule has 0 unspecified atom stereocenters. The quantitative estimate of drug-likeness (QED) is 0.444. The summed E-state index contributed by atoms with van der Waals surface area (Å²) in [6, 6.07) is 7.99. The smallest absolute Gasteiger partial charge is 0.151 e. The molecule has 0 saturated carbocycles. The predicted octanol–water partition coefficient (Wildman–Crippen LogP) is 3.83. The van der Waals surface area contributed by atoms with Gasteiger partial charge in [0.25, 0.3) is 0 Å². The minimum Gasteiger partial charge on any atom is -0.396 e. The summed E-state index contributed by atoms with van der Waals surface area (Å²) in [5.41, 5.74) is 0.777. The topological polar surface area (TPSA) is 116 Å². The number of halogens is 2. The molecule has 11 heteroatoms. The Morgan fingerprint density at radius 1 is 1.12 bits per heavy atom. The molecule has 0 aliphatic carbocycles. The molecule has 34 heavy (non-hydrogen) atoms. The second-order valence-electron chi connectivity index (χ2n) is 8.08. The molecule has 1 saturated heterocycles. The van der Waals surface area contributed by atoms with E-state index in [0.29, 0.717) is 28.5 Å². The standard InChI is InChI=1S/C23H20ClFN8O/c24-17-5-15(9-26)6-18(25)23(17)33-19-7-20(27-10-16(19)11-30-33)31-21-8-22(29-13-28-21)32-3-1-14(12-34)2-4-32/h5-8,10-11,13-14,34H,1-4,12H2,(H,27,28,29,31). The second kappa shape index (κ2) is 9.21. The molecule has 0 bridgehead atoms. The molecule has 1 aliphatic rings. The molecule has 1 aliphatic heterocycles. The van der Waals surface area contributed by atoms with Crippen LogP contribution in [0.1, 0.15) is 18.4 Å². The van der Waals surface area contributed by atoms with Gasteiger partial charge in [-0.05, 0) is 30.9 Å². The van der Waals surface area contributed by atoms with Gasteiger partial charge in [-0.3, -0.25) is 0 Å². The maximum Gasteiger partial charge on any atom is 0.151 e. The number of hydrogen-bond donors (Lipinski definition) is 2. The van der Waals surface area contributed by atoms with Gasteiger partial charge in [0.05, 0.1) is 28.4 Å². The molecule has 4 heterocycles. The van der Waals surface area contributed by atoms with Crippen molar-refractivity contribution in [3.8, 4) is 11.8 Å². The number of fused-ring (bicyclic) bond motifs is 1. The molecule has 5 rings (SSSR count). The summed E-state index contributed by atoms with van der Waals surface area (Å²) >= 11 is 6.27. The lowest BCUT2D eigenvalue weighted by atomic mass is 9.98. The molecule has 3 aromatic heterocycles. The molecule has 1 aromatic carbocycles. The lowest BCUT2D eigenvalue weighted by Crippen LogP contribution is -2.35. The first kappa shape index (κ1) is 22.0. The summed E-state index contributed by atoms with van der Waals surface area (Å²) in [4.78, 5) is 15.3. The van der Waals surface area contributed by atoms with Crippen molar-refractivity contribution < 1.29 is 9.50 Å². The van der Waals surface area contributed by atoms with Gasteiger partial charge in [-0.15, -0.1) is 0 Å². The highest BCUT2D eigenvalue weighted by Crippen LogP contribution is 2.29. The molecule has 2 N–H and O–H groups in total. The van der Waals surface area contributed by atoms with Crippen molar-refractivity contribution >= 4 is 40.0 Å². The van der Waals surface area contributed by atoms with E-state index >= 15 is 0 Å². The van der Waals surface area contributed by atoms with Crippen LogP contribution in [0, 0.1) is 23.1 Å². The number of aromatic nitrogens is 5. The SMILES string of the molecule is N#Cc1cc(F)c(-n2ncc3cnc(Nc4cc(N5CCC(CO)CC5)ncn4)cc32)c(Cl)c1. The van der Waals surface area contributed by atoms with E-state index in [0.717, 1.165) is 37.8 Å². The largest absolute Gasteiger partial charge is 0.396 e. The Bertz CT molecular complexity index is 1370. The normalized spacial score (nSPS) is 14.4. The fourth-order valence-electron chi connectivity index (χ4n) is 4.06. The molecular weight excluding hydrogens is 459 g/mol. The number of benzene rings is 1. The summed E-state index contributed by atoms with van der Waals surface area (Å²) < 4.78 is 16.1. The number of anilines is 3. The molecule has 0 amide bonds. The van der Waals surface area contributed by atoms with Crippen LogP contribution >= 0.6 is 11.6 Å². The summed E-state index contributed by atoms with van der Waals surface area (Å²) in [5, 5.41) is 26.6. The van der Waals surface area contributed by atoms with Gasteiger partial charge < -0.3 is 15.3 Å². The first-order chi connectivity index (χ1) is 16.6. The monoisotopic (exact) mass is 478 g/mol. The minimum absolute atomic E-state index is 0.0587. The maximum atomic E-state index is 14.7. The summed E-state index contributed by atoms with van der Waals surface area (Å²) in [6.45, 7) is 1.86. The first-order valence-corrected chi connectivity index (χ1v) is 11.1. The summed E-state index contributed by atoms with van der Waals surface area (Å²) in [6.07, 6.45) is 6.52. The number of aliphatic hydroxyl groups excluding tert-OH is 1. The Kier molecular flexibility index (Phi) is 5.96. The number of hydrogen-bond acceptors (Lipinski definition) is 8. The van der Waals surface area contributed by atoms with Gasteiger partial charge in [0.1, 0.15) is 29.5 Å². The Morgan fingerprint density at radius 2 is 1.91 bits per heavy atom. The highest BCUT2D eigenvalue weighted by molar-refractivity contribution is 6.32. The molecular formula is C23H20ClFN8O. The highest BCUT2D eigenvalue weighted by Gasteiger charge is 2.20. The molecule has 0 radical (unpaired) electrons. The van der Waals surface area contributed by atoms with Crippen molar-refractivity contribution in [2.75, 3.05) is 29.9 Å². The van der Waals surface area contributed by atoms with Crippen LogP contribution in [0.4, 0.5) is 21.8 Å². The van der Waals surface area contributed by atoms with Gasteiger partial charge in [0.2, 0.25) is 0 Å². The van der Waals surface area contributed by atoms with Crippen LogP contribution in [0.15, 0.2) is 43.0 Å². The zero-order chi connectivity index (χ0) is 23.7. The van der Waals surface area contributed by atoms with E-state index in [9.17, 15) is 9.50 Å².